The monoisotopic (exact) mass is 765 g/mol. The molecule has 3 aromatic heterocycles. The van der Waals surface area contributed by atoms with E-state index in [1.165, 1.54) is 30.5 Å². The number of hydrogen-bond donors (Lipinski definition) is 2. The first-order valence-corrected chi connectivity index (χ1v) is 19.2. The van der Waals surface area contributed by atoms with Crippen LogP contribution >= 0.6 is 0 Å². The van der Waals surface area contributed by atoms with Gasteiger partial charge in [0.25, 0.3) is 5.88 Å². The normalized spacial score (nSPS) is 20.1. The number of fused-ring (bicyclic) bond motifs is 4. The minimum Gasteiger partial charge on any atom is -0.508 e. The number of terminal acetylenes is 1. The maximum atomic E-state index is 16.9. The van der Waals surface area contributed by atoms with Crippen molar-refractivity contribution in [1.29, 1.82) is 0 Å². The maximum Gasteiger partial charge on any atom is 0.319 e. The number of piperidine rings is 1. The van der Waals surface area contributed by atoms with Gasteiger partial charge in [0.15, 0.2) is 11.6 Å². The fourth-order valence-corrected chi connectivity index (χ4v) is 8.26. The number of nitrogens with zero attached hydrogens (tertiary/aromatic N) is 6. The quantitative estimate of drug-likeness (QED) is 0.110. The summed E-state index contributed by atoms with van der Waals surface area (Å²) in [5.41, 5.74) is -0.0845. The number of likely N-dealkylation sites (tertiary alicyclic amines) is 1. The summed E-state index contributed by atoms with van der Waals surface area (Å²) in [5, 5.41) is 19.4. The van der Waals surface area contributed by atoms with E-state index in [0.29, 0.717) is 66.6 Å². The highest BCUT2D eigenvalue weighted by Gasteiger charge is 2.35. The largest absolute Gasteiger partial charge is 0.508 e. The molecule has 0 spiro atoms. The molecule has 6 heterocycles. The summed E-state index contributed by atoms with van der Waals surface area (Å²) in [6.07, 6.45) is 12.0. The molecule has 0 saturated carbocycles. The molecule has 3 aliphatic rings. The lowest BCUT2D eigenvalue weighted by Crippen LogP contribution is -2.51. The zero-order valence-corrected chi connectivity index (χ0v) is 31.7. The smallest absolute Gasteiger partial charge is 0.319 e. The van der Waals surface area contributed by atoms with E-state index in [2.05, 4.69) is 43.1 Å². The maximum absolute atomic E-state index is 16.9. The average Bonchev–Trinajstić information content (AvgIpc) is 3.79. The number of carbonyl (C=O) groups excluding carboxylic acids is 1. The van der Waals surface area contributed by atoms with E-state index in [4.69, 9.17) is 25.4 Å². The summed E-state index contributed by atoms with van der Waals surface area (Å²) in [4.78, 5) is 29.9. The zero-order chi connectivity index (χ0) is 39.1. The Morgan fingerprint density at radius 2 is 1.89 bits per heavy atom. The summed E-state index contributed by atoms with van der Waals surface area (Å²) in [7, 11) is 0. The second kappa shape index (κ2) is 15.3. The van der Waals surface area contributed by atoms with Crippen LogP contribution in [-0.4, -0.2) is 94.4 Å². The molecule has 3 unspecified atom stereocenters. The molecular weight excluding hydrogens is 721 g/mol. The predicted octanol–water partition coefficient (Wildman–Crippen LogP) is 6.24. The van der Waals surface area contributed by atoms with Gasteiger partial charge in [0.05, 0.1) is 23.5 Å². The van der Waals surface area contributed by atoms with Crippen LogP contribution in [0.15, 0.2) is 41.1 Å². The number of piperazine rings is 1. The van der Waals surface area contributed by atoms with Gasteiger partial charge in [0.1, 0.15) is 41.5 Å². The predicted molar refractivity (Wildman–Crippen MR) is 207 cm³/mol. The molecule has 292 valence electrons. The van der Waals surface area contributed by atoms with Crippen LogP contribution in [0, 0.1) is 35.3 Å². The molecule has 3 fully saturated rings. The lowest BCUT2D eigenvalue weighted by atomic mass is 9.81. The van der Waals surface area contributed by atoms with Crippen molar-refractivity contribution in [3.63, 3.8) is 0 Å². The molecule has 0 aliphatic carbocycles. The molecule has 0 radical (unpaired) electrons. The molecule has 0 amide bonds. The highest BCUT2D eigenvalue weighted by atomic mass is 19.1. The third-order valence-electron chi connectivity index (χ3n) is 11.6. The molecule has 3 saturated heterocycles. The lowest BCUT2D eigenvalue weighted by molar-refractivity contribution is -0.110. The van der Waals surface area contributed by atoms with Crippen LogP contribution < -0.4 is 19.7 Å². The van der Waals surface area contributed by atoms with Gasteiger partial charge in [-0.05, 0) is 73.4 Å². The molecule has 2 bridgehead atoms. The van der Waals surface area contributed by atoms with Crippen molar-refractivity contribution in [2.75, 3.05) is 50.8 Å². The second-order valence-corrected chi connectivity index (χ2v) is 16.0. The lowest BCUT2D eigenvalue weighted by Gasteiger charge is -2.38. The molecule has 8 rings (SSSR count). The Kier molecular flexibility index (Phi) is 10.2. The number of aromatic nitrogens is 4. The van der Waals surface area contributed by atoms with Gasteiger partial charge < -0.3 is 34.1 Å². The second-order valence-electron chi connectivity index (χ2n) is 16.0. The van der Waals surface area contributed by atoms with Crippen molar-refractivity contribution in [2.45, 2.75) is 64.5 Å². The van der Waals surface area contributed by atoms with E-state index in [1.54, 1.807) is 6.07 Å². The van der Waals surface area contributed by atoms with Gasteiger partial charge in [0.2, 0.25) is 0 Å². The van der Waals surface area contributed by atoms with E-state index in [-0.39, 0.29) is 63.3 Å². The molecular formula is C42H45F2N7O5. The molecule has 56 heavy (non-hydrogen) atoms. The van der Waals surface area contributed by atoms with Crippen molar-refractivity contribution in [1.82, 2.24) is 30.3 Å². The number of benzene rings is 2. The van der Waals surface area contributed by atoms with Crippen LogP contribution in [0.3, 0.4) is 0 Å². The average molecular weight is 766 g/mol. The van der Waals surface area contributed by atoms with Crippen molar-refractivity contribution in [3.8, 4) is 41.2 Å². The zero-order valence-electron chi connectivity index (χ0n) is 31.7. The Balaban J connectivity index is 1.00. The van der Waals surface area contributed by atoms with Crippen LogP contribution in [0.25, 0.3) is 32.9 Å². The Morgan fingerprint density at radius 3 is 2.61 bits per heavy atom. The molecule has 2 N–H and O–H groups in total. The number of hydrogen-bond acceptors (Lipinski definition) is 12. The van der Waals surface area contributed by atoms with Crippen molar-refractivity contribution in [2.24, 2.45) is 11.3 Å². The molecule has 2 aromatic carbocycles. The molecule has 14 heteroatoms. The number of anilines is 1. The van der Waals surface area contributed by atoms with Crippen LogP contribution in [-0.2, 0) is 4.79 Å². The van der Waals surface area contributed by atoms with E-state index in [1.807, 2.05) is 13.8 Å². The Hall–Kier alpha value is -5.39. The fourth-order valence-electron chi connectivity index (χ4n) is 8.26. The number of phenolic OH excluding ortho intramolecular Hbond substituents is 1. The first-order valence-electron chi connectivity index (χ1n) is 19.2. The van der Waals surface area contributed by atoms with Gasteiger partial charge in [-0.1, -0.05) is 32.8 Å². The number of carbonyl (C=O) groups is 1. The van der Waals surface area contributed by atoms with Gasteiger partial charge in [-0.15, -0.1) is 6.42 Å². The number of rotatable bonds is 12. The first-order chi connectivity index (χ1) is 27.0. The highest BCUT2D eigenvalue weighted by molar-refractivity contribution is 6.03. The molecule has 3 aliphatic heterocycles. The third kappa shape index (κ3) is 7.33. The Bertz CT molecular complexity index is 2310. The van der Waals surface area contributed by atoms with Crippen molar-refractivity contribution >= 4 is 33.8 Å². The number of aldehydes is 1. The number of aromatic hydroxyl groups is 1. The van der Waals surface area contributed by atoms with E-state index in [9.17, 15) is 14.3 Å². The first kappa shape index (κ1) is 37.5. The van der Waals surface area contributed by atoms with E-state index in [0.717, 1.165) is 45.1 Å². The third-order valence-corrected chi connectivity index (χ3v) is 11.6. The van der Waals surface area contributed by atoms with Gasteiger partial charge in [-0.25, -0.2) is 8.78 Å². The highest BCUT2D eigenvalue weighted by Crippen LogP contribution is 2.39. The SMILES string of the molecule is C#Cc1c(F)ccc2cc(O)cc(-c3ncc4c(N5CC6CCC(C5)N6)nc(OCCN5CCC(C)(COc6cc(C(C=O)C(C)C)on6)CC5)nc4c3F)c12. The Morgan fingerprint density at radius 1 is 1.12 bits per heavy atom. The van der Waals surface area contributed by atoms with Crippen LogP contribution in [0.5, 0.6) is 17.6 Å². The Labute approximate surface area is 323 Å². The number of halogens is 2. The summed E-state index contributed by atoms with van der Waals surface area (Å²) >= 11 is 0. The topological polar surface area (TPSA) is 139 Å². The fraction of sp³-hybridized carbons (Fsp3) is 0.452. The van der Waals surface area contributed by atoms with Crippen LogP contribution in [0.1, 0.15) is 63.7 Å². The van der Waals surface area contributed by atoms with Crippen LogP contribution in [0.4, 0.5) is 14.6 Å². The minimum atomic E-state index is -0.754. The summed E-state index contributed by atoms with van der Waals surface area (Å²) in [6.45, 7) is 10.5. The van der Waals surface area contributed by atoms with Crippen molar-refractivity contribution < 1.29 is 32.7 Å². The van der Waals surface area contributed by atoms with E-state index >= 15 is 4.39 Å². The molecule has 12 nitrogen and oxygen atoms in total. The summed E-state index contributed by atoms with van der Waals surface area (Å²) < 4.78 is 49.4. The minimum absolute atomic E-state index is 0.00916. The number of nitrogens with one attached hydrogen (secondary N) is 1. The molecule has 3 atom stereocenters. The number of ether oxygens (including phenoxy) is 2. The number of phenols is 1. The summed E-state index contributed by atoms with van der Waals surface area (Å²) in [5.74, 6) is 2.02. The molecule has 5 aromatic rings. The summed E-state index contributed by atoms with van der Waals surface area (Å²) in [6, 6.07) is 7.83. The van der Waals surface area contributed by atoms with Crippen molar-refractivity contribution in [3.05, 3.63) is 59.5 Å². The van der Waals surface area contributed by atoms with Gasteiger partial charge in [0, 0.05) is 60.3 Å². The van der Waals surface area contributed by atoms with Gasteiger partial charge in [-0.3, -0.25) is 9.88 Å². The van der Waals surface area contributed by atoms with E-state index < -0.39 is 11.6 Å². The standard InChI is InChI=1S/C42H45F2N7O5/c1-5-29-33(43)9-6-25-16-28(53)17-30(36(25)29)38-37(44)39-31(19-45-38)40(51-20-26-7-8-27(21-51)46-26)48-41(47-39)54-15-14-50-12-10-42(4,11-13-50)23-55-35-18-34(56-49-35)32(22-52)24(2)3/h1,6,9,16-19,22,24,26-27,32,46,53H,7-8,10-15,20-21,23H2,2-4H3. The van der Waals surface area contributed by atoms with Crippen LogP contribution in [0.2, 0.25) is 0 Å². The van der Waals surface area contributed by atoms with Gasteiger partial charge in [-0.2, -0.15) is 9.97 Å². The number of pyridine rings is 1. The van der Waals surface area contributed by atoms with Gasteiger partial charge >= 0.3 is 6.01 Å².